The van der Waals surface area contributed by atoms with Gasteiger partial charge in [-0.2, -0.15) is 0 Å². The zero-order chi connectivity index (χ0) is 26.4. The molecule has 4 rings (SSSR count). The predicted octanol–water partition coefficient (Wildman–Crippen LogP) is 4.50. The van der Waals surface area contributed by atoms with Gasteiger partial charge in [0.1, 0.15) is 6.04 Å². The number of hydrogen-bond donors (Lipinski definition) is 1. The summed E-state index contributed by atoms with van der Waals surface area (Å²) in [7, 11) is -3.66. The van der Waals surface area contributed by atoms with Crippen LogP contribution in [0.3, 0.4) is 0 Å². The Morgan fingerprint density at radius 1 is 0.973 bits per heavy atom. The average molecular weight is 522 g/mol. The summed E-state index contributed by atoms with van der Waals surface area (Å²) in [6.45, 7) is 5.09. The molecule has 0 spiro atoms. The highest BCUT2D eigenvalue weighted by atomic mass is 32.2. The number of amides is 2. The third-order valence-corrected chi connectivity index (χ3v) is 8.71. The van der Waals surface area contributed by atoms with Crippen molar-refractivity contribution in [3.63, 3.8) is 0 Å². The largest absolute Gasteiger partial charge is 0.354 e. The highest BCUT2D eigenvalue weighted by molar-refractivity contribution is 7.93. The molecule has 3 aromatic carbocycles. The van der Waals surface area contributed by atoms with Crippen LogP contribution in [-0.2, 0) is 26.0 Å². The van der Waals surface area contributed by atoms with E-state index >= 15 is 0 Å². The lowest BCUT2D eigenvalue weighted by atomic mass is 10.1. The molecule has 0 aromatic heterocycles. The van der Waals surface area contributed by atoms with E-state index in [2.05, 4.69) is 5.32 Å². The second-order valence-electron chi connectivity index (χ2n) is 9.35. The van der Waals surface area contributed by atoms with Gasteiger partial charge in [0.2, 0.25) is 11.8 Å². The Hall–Kier alpha value is -3.39. The molecule has 1 atom stereocenters. The fraction of sp³-hybridized carbons (Fsp3) is 0.379. The maximum Gasteiger partial charge on any atom is 0.265 e. The summed E-state index contributed by atoms with van der Waals surface area (Å²) in [6.07, 6.45) is 2.48. The van der Waals surface area contributed by atoms with Crippen molar-refractivity contribution >= 4 is 38.3 Å². The number of anilines is 1. The molecular formula is C29H35N3O4S. The fourth-order valence-corrected chi connectivity index (χ4v) is 6.73. The van der Waals surface area contributed by atoms with Crippen molar-refractivity contribution in [3.8, 4) is 0 Å². The summed E-state index contributed by atoms with van der Waals surface area (Å²) < 4.78 is 27.9. The van der Waals surface area contributed by atoms with Gasteiger partial charge in [-0.05, 0) is 48.8 Å². The Morgan fingerprint density at radius 3 is 2.41 bits per heavy atom. The van der Waals surface area contributed by atoms with Crippen molar-refractivity contribution in [1.29, 1.82) is 0 Å². The Balaban J connectivity index is 1.47. The van der Waals surface area contributed by atoms with E-state index in [0.29, 0.717) is 42.9 Å². The summed E-state index contributed by atoms with van der Waals surface area (Å²) in [4.78, 5) is 28.4. The Morgan fingerprint density at radius 2 is 1.70 bits per heavy atom. The minimum absolute atomic E-state index is 0.137. The molecule has 196 valence electrons. The molecule has 0 bridgehead atoms. The molecule has 1 aliphatic heterocycles. The van der Waals surface area contributed by atoms with Crippen molar-refractivity contribution in [2.75, 3.05) is 23.9 Å². The number of sulfonamides is 1. The quantitative estimate of drug-likeness (QED) is 0.380. The first kappa shape index (κ1) is 26.7. The average Bonchev–Trinajstić information content (AvgIpc) is 3.13. The highest BCUT2D eigenvalue weighted by Crippen LogP contribution is 2.42. The maximum absolute atomic E-state index is 13.5. The molecule has 0 radical (unpaired) electrons. The van der Waals surface area contributed by atoms with E-state index in [4.69, 9.17) is 0 Å². The maximum atomic E-state index is 13.5. The molecule has 1 heterocycles. The fourth-order valence-electron chi connectivity index (χ4n) is 4.98. The highest BCUT2D eigenvalue weighted by Gasteiger charge is 2.35. The van der Waals surface area contributed by atoms with Gasteiger partial charge in [0, 0.05) is 31.4 Å². The van der Waals surface area contributed by atoms with Gasteiger partial charge < -0.3 is 10.2 Å². The van der Waals surface area contributed by atoms with Crippen LogP contribution in [0.1, 0.15) is 45.1 Å². The normalized spacial score (nSPS) is 14.5. The lowest BCUT2D eigenvalue weighted by Gasteiger charge is -2.31. The minimum atomic E-state index is -3.66. The molecule has 1 aliphatic rings. The molecule has 0 saturated heterocycles. The van der Waals surface area contributed by atoms with E-state index in [1.54, 1.807) is 17.0 Å². The summed E-state index contributed by atoms with van der Waals surface area (Å²) in [6, 6.07) is 20.2. The number of hydrogen-bond acceptors (Lipinski definition) is 4. The van der Waals surface area contributed by atoms with E-state index in [-0.39, 0.29) is 24.8 Å². The van der Waals surface area contributed by atoms with Crippen LogP contribution in [0.5, 0.6) is 0 Å². The summed E-state index contributed by atoms with van der Waals surface area (Å²) >= 11 is 0. The van der Waals surface area contributed by atoms with Crippen molar-refractivity contribution in [2.45, 2.75) is 56.9 Å². The SMILES string of the molecule is CCCNC(=O)C(CC)N(CCc1ccccc1)C(=O)CCCN1c2cccc3cccc(c23)S1(=O)=O. The Kier molecular flexibility index (Phi) is 8.48. The lowest BCUT2D eigenvalue weighted by molar-refractivity contribution is -0.140. The van der Waals surface area contributed by atoms with Gasteiger partial charge in [0.05, 0.1) is 10.6 Å². The molecule has 3 aromatic rings. The standard InChI is InChI=1S/C29H35N3O4S/c1-3-19-30-29(34)24(4-2)31(21-18-22-11-6-5-7-12-22)27(33)17-10-20-32-25-15-8-13-23-14-9-16-26(28(23)25)37(32,35)36/h5-9,11-16,24H,3-4,10,17-21H2,1-2H3,(H,30,34). The third-order valence-electron chi connectivity index (χ3n) is 6.85. The summed E-state index contributed by atoms with van der Waals surface area (Å²) in [5.41, 5.74) is 1.75. The number of carbonyl (C=O) groups excluding carboxylic acids is 2. The number of benzene rings is 3. The van der Waals surface area contributed by atoms with E-state index in [1.165, 1.54) is 4.31 Å². The minimum Gasteiger partial charge on any atom is -0.354 e. The Labute approximate surface area is 219 Å². The first-order chi connectivity index (χ1) is 17.9. The topological polar surface area (TPSA) is 86.8 Å². The van der Waals surface area contributed by atoms with E-state index in [9.17, 15) is 18.0 Å². The molecule has 2 amide bonds. The van der Waals surface area contributed by atoms with Crippen molar-refractivity contribution < 1.29 is 18.0 Å². The van der Waals surface area contributed by atoms with E-state index in [1.807, 2.05) is 68.4 Å². The molecule has 1 N–H and O–H groups in total. The van der Waals surface area contributed by atoms with Gasteiger partial charge in [-0.25, -0.2) is 8.42 Å². The second-order valence-corrected chi connectivity index (χ2v) is 11.2. The first-order valence-corrected chi connectivity index (χ1v) is 14.5. The van der Waals surface area contributed by atoms with Crippen LogP contribution in [-0.4, -0.2) is 50.8 Å². The van der Waals surface area contributed by atoms with Crippen LogP contribution >= 0.6 is 0 Å². The monoisotopic (exact) mass is 521 g/mol. The smallest absolute Gasteiger partial charge is 0.265 e. The number of nitrogens with one attached hydrogen (secondary N) is 1. The molecule has 37 heavy (non-hydrogen) atoms. The molecule has 1 unspecified atom stereocenters. The van der Waals surface area contributed by atoms with Crippen LogP contribution in [0.2, 0.25) is 0 Å². The van der Waals surface area contributed by atoms with Gasteiger partial charge in [-0.15, -0.1) is 0 Å². The van der Waals surface area contributed by atoms with Crippen LogP contribution in [0.25, 0.3) is 10.8 Å². The first-order valence-electron chi connectivity index (χ1n) is 13.0. The zero-order valence-electron chi connectivity index (χ0n) is 21.5. The van der Waals surface area contributed by atoms with Crippen LogP contribution in [0.4, 0.5) is 5.69 Å². The zero-order valence-corrected chi connectivity index (χ0v) is 22.3. The van der Waals surface area contributed by atoms with Gasteiger partial charge in [0.15, 0.2) is 0 Å². The van der Waals surface area contributed by atoms with Crippen LogP contribution in [0.15, 0.2) is 71.6 Å². The molecule has 7 nitrogen and oxygen atoms in total. The van der Waals surface area contributed by atoms with Crippen molar-refractivity contribution in [2.24, 2.45) is 0 Å². The van der Waals surface area contributed by atoms with Gasteiger partial charge in [0.25, 0.3) is 10.0 Å². The second kappa shape index (κ2) is 11.8. The number of carbonyl (C=O) groups is 2. The van der Waals surface area contributed by atoms with E-state index in [0.717, 1.165) is 22.8 Å². The lowest BCUT2D eigenvalue weighted by Crippen LogP contribution is -2.50. The van der Waals surface area contributed by atoms with E-state index < -0.39 is 16.1 Å². The van der Waals surface area contributed by atoms with Crippen molar-refractivity contribution in [3.05, 3.63) is 72.3 Å². The van der Waals surface area contributed by atoms with Crippen LogP contribution in [0, 0.1) is 0 Å². The molecule has 8 heteroatoms. The molecule has 0 saturated carbocycles. The number of nitrogens with zero attached hydrogens (tertiary/aromatic N) is 2. The van der Waals surface area contributed by atoms with Gasteiger partial charge >= 0.3 is 0 Å². The summed E-state index contributed by atoms with van der Waals surface area (Å²) in [5, 5.41) is 4.55. The Bertz CT molecular complexity index is 1350. The molecular weight excluding hydrogens is 486 g/mol. The molecule has 0 aliphatic carbocycles. The van der Waals surface area contributed by atoms with Gasteiger partial charge in [-0.3, -0.25) is 13.9 Å². The third kappa shape index (κ3) is 5.64. The van der Waals surface area contributed by atoms with Crippen LogP contribution < -0.4 is 9.62 Å². The molecule has 0 fully saturated rings. The van der Waals surface area contributed by atoms with Crippen molar-refractivity contribution in [1.82, 2.24) is 10.2 Å². The predicted molar refractivity (Wildman–Crippen MR) is 147 cm³/mol. The summed E-state index contributed by atoms with van der Waals surface area (Å²) in [5.74, 6) is -0.281. The number of rotatable bonds is 12. The van der Waals surface area contributed by atoms with Gasteiger partial charge in [-0.1, -0.05) is 68.4 Å².